The molecule has 0 radical (unpaired) electrons. The first-order valence-corrected chi connectivity index (χ1v) is 7.47. The van der Waals surface area contributed by atoms with Gasteiger partial charge in [-0.2, -0.15) is 0 Å². The lowest BCUT2D eigenvalue weighted by Crippen LogP contribution is -2.50. The van der Waals surface area contributed by atoms with Crippen LogP contribution in [-0.2, 0) is 4.79 Å². The SMILES string of the molecule is Cc1cccc(O[C@H](C)C(=O)NNC(=S)NC2CC2)c1C. The van der Waals surface area contributed by atoms with Gasteiger partial charge in [0, 0.05) is 6.04 Å². The molecule has 0 spiro atoms. The van der Waals surface area contributed by atoms with Gasteiger partial charge in [-0.3, -0.25) is 15.6 Å². The van der Waals surface area contributed by atoms with Gasteiger partial charge in [0.25, 0.3) is 5.91 Å². The van der Waals surface area contributed by atoms with Crippen molar-refractivity contribution in [1.82, 2.24) is 16.2 Å². The summed E-state index contributed by atoms with van der Waals surface area (Å²) < 4.78 is 5.70. The first-order valence-electron chi connectivity index (χ1n) is 7.06. The fourth-order valence-electron chi connectivity index (χ4n) is 1.76. The molecule has 1 atom stereocenters. The number of rotatable bonds is 4. The molecule has 0 bridgehead atoms. The molecule has 0 unspecified atom stereocenters. The minimum absolute atomic E-state index is 0.268. The van der Waals surface area contributed by atoms with Crippen molar-refractivity contribution in [2.45, 2.75) is 45.8 Å². The van der Waals surface area contributed by atoms with Crippen LogP contribution in [0.2, 0.25) is 0 Å². The van der Waals surface area contributed by atoms with E-state index in [1.165, 1.54) is 0 Å². The standard InChI is InChI=1S/C15H21N3O2S/c1-9-5-4-6-13(10(9)2)20-11(3)14(19)17-18-15(21)16-12-7-8-12/h4-6,11-12H,7-8H2,1-3H3,(H,17,19)(H2,16,18,21)/t11-/m1/s1. The Hall–Kier alpha value is -1.82. The van der Waals surface area contributed by atoms with Crippen molar-refractivity contribution in [3.63, 3.8) is 0 Å². The number of amides is 1. The number of thiocarbonyl (C=S) groups is 1. The predicted octanol–water partition coefficient (Wildman–Crippen LogP) is 1.73. The van der Waals surface area contributed by atoms with Gasteiger partial charge >= 0.3 is 0 Å². The van der Waals surface area contributed by atoms with Crippen molar-refractivity contribution in [1.29, 1.82) is 0 Å². The van der Waals surface area contributed by atoms with Crippen LogP contribution in [0, 0.1) is 13.8 Å². The zero-order valence-electron chi connectivity index (χ0n) is 12.5. The normalized spacial score (nSPS) is 15.0. The molecule has 1 aromatic carbocycles. The lowest BCUT2D eigenvalue weighted by atomic mass is 10.1. The molecule has 0 aliphatic heterocycles. The lowest BCUT2D eigenvalue weighted by molar-refractivity contribution is -0.127. The second-order valence-corrected chi connectivity index (χ2v) is 5.73. The van der Waals surface area contributed by atoms with E-state index in [9.17, 15) is 4.79 Å². The summed E-state index contributed by atoms with van der Waals surface area (Å²) in [6.07, 6.45) is 1.64. The fourth-order valence-corrected chi connectivity index (χ4v) is 1.98. The Morgan fingerprint density at radius 1 is 1.33 bits per heavy atom. The Balaban J connectivity index is 1.81. The van der Waals surface area contributed by atoms with Crippen LogP contribution in [0.15, 0.2) is 18.2 Å². The Kier molecular flexibility index (Phi) is 5.01. The van der Waals surface area contributed by atoms with E-state index in [1.807, 2.05) is 32.0 Å². The lowest BCUT2D eigenvalue weighted by Gasteiger charge is -2.18. The topological polar surface area (TPSA) is 62.4 Å². The van der Waals surface area contributed by atoms with E-state index in [0.717, 1.165) is 29.7 Å². The van der Waals surface area contributed by atoms with Crippen LogP contribution in [0.3, 0.4) is 0 Å². The highest BCUT2D eigenvalue weighted by Gasteiger charge is 2.22. The molecule has 0 heterocycles. The zero-order valence-corrected chi connectivity index (χ0v) is 13.3. The molecular formula is C15H21N3O2S. The number of hydrogen-bond acceptors (Lipinski definition) is 3. The number of ether oxygens (including phenoxy) is 1. The van der Waals surface area contributed by atoms with Gasteiger partial charge in [-0.05, 0) is 63.0 Å². The molecule has 1 aromatic rings. The maximum atomic E-state index is 12.0. The van der Waals surface area contributed by atoms with Crippen LogP contribution < -0.4 is 20.9 Å². The highest BCUT2D eigenvalue weighted by atomic mass is 32.1. The molecule has 1 aliphatic rings. The Labute approximate surface area is 130 Å². The summed E-state index contributed by atoms with van der Waals surface area (Å²) in [5.74, 6) is 0.451. The first-order chi connectivity index (χ1) is 9.97. The molecule has 6 heteroatoms. The van der Waals surface area contributed by atoms with Gasteiger partial charge in [0.2, 0.25) is 0 Å². The maximum Gasteiger partial charge on any atom is 0.279 e. The molecule has 1 fully saturated rings. The van der Waals surface area contributed by atoms with Gasteiger partial charge in [-0.25, -0.2) is 0 Å². The molecule has 2 rings (SSSR count). The van der Waals surface area contributed by atoms with Gasteiger partial charge in [-0.1, -0.05) is 12.1 Å². The smallest absolute Gasteiger partial charge is 0.279 e. The van der Waals surface area contributed by atoms with Crippen molar-refractivity contribution in [2.24, 2.45) is 0 Å². The van der Waals surface area contributed by atoms with Crippen LogP contribution in [0.25, 0.3) is 0 Å². The van der Waals surface area contributed by atoms with Crippen LogP contribution in [-0.4, -0.2) is 23.2 Å². The monoisotopic (exact) mass is 307 g/mol. The number of carbonyl (C=O) groups excluding carboxylic acids is 1. The number of nitrogens with one attached hydrogen (secondary N) is 3. The second kappa shape index (κ2) is 6.76. The molecular weight excluding hydrogens is 286 g/mol. The Morgan fingerprint density at radius 3 is 2.71 bits per heavy atom. The summed E-state index contributed by atoms with van der Waals surface area (Å²) in [4.78, 5) is 12.0. The summed E-state index contributed by atoms with van der Waals surface area (Å²) in [5.41, 5.74) is 7.41. The summed E-state index contributed by atoms with van der Waals surface area (Å²) >= 11 is 5.07. The molecule has 3 N–H and O–H groups in total. The van der Waals surface area contributed by atoms with Crippen LogP contribution in [0.5, 0.6) is 5.75 Å². The third-order valence-corrected chi connectivity index (χ3v) is 3.66. The van der Waals surface area contributed by atoms with Gasteiger partial charge in [0.15, 0.2) is 11.2 Å². The number of carbonyl (C=O) groups is 1. The van der Waals surface area contributed by atoms with E-state index >= 15 is 0 Å². The van der Waals surface area contributed by atoms with E-state index in [1.54, 1.807) is 6.92 Å². The Bertz CT molecular complexity index is 544. The molecule has 5 nitrogen and oxygen atoms in total. The quantitative estimate of drug-likeness (QED) is 0.584. The van der Waals surface area contributed by atoms with E-state index in [-0.39, 0.29) is 5.91 Å². The minimum atomic E-state index is -0.610. The van der Waals surface area contributed by atoms with Crippen LogP contribution in [0.1, 0.15) is 30.9 Å². The molecule has 1 saturated carbocycles. The molecule has 0 saturated heterocycles. The highest BCUT2D eigenvalue weighted by molar-refractivity contribution is 7.80. The first kappa shape index (κ1) is 15.6. The van der Waals surface area contributed by atoms with Crippen LogP contribution in [0.4, 0.5) is 0 Å². The average Bonchev–Trinajstić information content (AvgIpc) is 3.25. The van der Waals surface area contributed by atoms with E-state index in [2.05, 4.69) is 16.2 Å². The summed E-state index contributed by atoms with van der Waals surface area (Å²) in [7, 11) is 0. The second-order valence-electron chi connectivity index (χ2n) is 5.32. The third-order valence-electron chi connectivity index (χ3n) is 3.44. The van der Waals surface area contributed by atoms with Gasteiger partial charge < -0.3 is 10.1 Å². The van der Waals surface area contributed by atoms with Crippen molar-refractivity contribution in [3.8, 4) is 5.75 Å². The third kappa shape index (κ3) is 4.60. The fraction of sp³-hybridized carbons (Fsp3) is 0.467. The van der Waals surface area contributed by atoms with E-state index in [4.69, 9.17) is 17.0 Å². The highest BCUT2D eigenvalue weighted by Crippen LogP contribution is 2.21. The number of hydrazine groups is 1. The van der Waals surface area contributed by atoms with Crippen molar-refractivity contribution in [3.05, 3.63) is 29.3 Å². The van der Waals surface area contributed by atoms with Crippen molar-refractivity contribution >= 4 is 23.2 Å². The Morgan fingerprint density at radius 2 is 2.05 bits per heavy atom. The zero-order chi connectivity index (χ0) is 15.4. The van der Waals surface area contributed by atoms with E-state index < -0.39 is 6.10 Å². The molecule has 21 heavy (non-hydrogen) atoms. The van der Waals surface area contributed by atoms with Crippen molar-refractivity contribution < 1.29 is 9.53 Å². The van der Waals surface area contributed by atoms with Gasteiger partial charge in [0.05, 0.1) is 0 Å². The van der Waals surface area contributed by atoms with Gasteiger partial charge in [-0.15, -0.1) is 0 Å². The van der Waals surface area contributed by atoms with E-state index in [0.29, 0.717) is 11.2 Å². The molecule has 0 aromatic heterocycles. The number of benzene rings is 1. The summed E-state index contributed by atoms with van der Waals surface area (Å²) in [5, 5.41) is 3.51. The number of hydrogen-bond donors (Lipinski definition) is 3. The molecule has 1 aliphatic carbocycles. The maximum absolute atomic E-state index is 12.0. The summed E-state index contributed by atoms with van der Waals surface area (Å²) in [6.45, 7) is 5.69. The average molecular weight is 307 g/mol. The van der Waals surface area contributed by atoms with Gasteiger partial charge in [0.1, 0.15) is 5.75 Å². The largest absolute Gasteiger partial charge is 0.481 e. The van der Waals surface area contributed by atoms with Crippen LogP contribution >= 0.6 is 12.2 Å². The molecule has 1 amide bonds. The molecule has 114 valence electrons. The summed E-state index contributed by atoms with van der Waals surface area (Å²) in [6, 6.07) is 6.23. The minimum Gasteiger partial charge on any atom is -0.481 e. The van der Waals surface area contributed by atoms with Crippen molar-refractivity contribution in [2.75, 3.05) is 0 Å². The predicted molar refractivity (Wildman–Crippen MR) is 86.0 cm³/mol. The number of aryl methyl sites for hydroxylation is 1.